The number of imide groups is 1. The molecule has 0 unspecified atom stereocenters. The molecule has 1 aliphatic rings. The summed E-state index contributed by atoms with van der Waals surface area (Å²) in [5.41, 5.74) is 1.89. The van der Waals surface area contributed by atoms with Crippen molar-refractivity contribution in [1.82, 2.24) is 20.2 Å². The van der Waals surface area contributed by atoms with Gasteiger partial charge in [0.25, 0.3) is 17.1 Å². The number of hydrogen-bond acceptors (Lipinski definition) is 7. The van der Waals surface area contributed by atoms with Crippen molar-refractivity contribution in [2.24, 2.45) is 0 Å². The van der Waals surface area contributed by atoms with Crippen molar-refractivity contribution in [1.29, 1.82) is 0 Å². The molecule has 1 aliphatic heterocycles. The van der Waals surface area contributed by atoms with E-state index in [1.807, 2.05) is 20.8 Å². The van der Waals surface area contributed by atoms with Crippen LogP contribution in [0.5, 0.6) is 0 Å². The Morgan fingerprint density at radius 3 is 2.70 bits per heavy atom. The summed E-state index contributed by atoms with van der Waals surface area (Å²) in [6.07, 6.45) is 2.08. The molecule has 0 bridgehead atoms. The summed E-state index contributed by atoms with van der Waals surface area (Å²) < 4.78 is 13.9. The van der Waals surface area contributed by atoms with Crippen LogP contribution in [0.3, 0.4) is 0 Å². The standard InChI is InChI=1S/C23H21FN4O3S2/c1-4-17-26-13(3)18-12(2)19(33-21(18)27-17)20(29)25-9-10-28-22(30)16(32-23(28)31)11-14-7-5-6-8-15(14)24/h5-8,11H,4,9-10H2,1-3H3,(H,25,29)/b16-11-. The van der Waals surface area contributed by atoms with Gasteiger partial charge < -0.3 is 5.32 Å². The lowest BCUT2D eigenvalue weighted by atomic mass is 10.1. The van der Waals surface area contributed by atoms with Crippen LogP contribution < -0.4 is 5.32 Å². The van der Waals surface area contributed by atoms with Crippen LogP contribution in [0.25, 0.3) is 16.3 Å². The number of aromatic nitrogens is 2. The average molecular weight is 485 g/mol. The summed E-state index contributed by atoms with van der Waals surface area (Å²) >= 11 is 2.06. The van der Waals surface area contributed by atoms with E-state index in [2.05, 4.69) is 15.3 Å². The van der Waals surface area contributed by atoms with Gasteiger partial charge in [0.1, 0.15) is 16.5 Å². The van der Waals surface area contributed by atoms with Gasteiger partial charge in [0.05, 0.1) is 9.78 Å². The summed E-state index contributed by atoms with van der Waals surface area (Å²) in [6, 6.07) is 6.03. The first-order valence-electron chi connectivity index (χ1n) is 10.3. The van der Waals surface area contributed by atoms with Crippen molar-refractivity contribution in [3.8, 4) is 0 Å². The van der Waals surface area contributed by atoms with Gasteiger partial charge >= 0.3 is 0 Å². The number of rotatable bonds is 6. The third-order valence-corrected chi connectivity index (χ3v) is 7.32. The van der Waals surface area contributed by atoms with Crippen molar-refractivity contribution in [2.45, 2.75) is 27.2 Å². The number of benzene rings is 1. The molecule has 0 saturated carbocycles. The molecule has 1 N–H and O–H groups in total. The molecule has 4 rings (SSSR count). The van der Waals surface area contributed by atoms with E-state index in [0.29, 0.717) is 11.3 Å². The Labute approximate surface area is 198 Å². The van der Waals surface area contributed by atoms with Crippen molar-refractivity contribution in [2.75, 3.05) is 13.1 Å². The number of thiophene rings is 1. The summed E-state index contributed by atoms with van der Waals surface area (Å²) in [4.78, 5) is 49.2. The summed E-state index contributed by atoms with van der Waals surface area (Å²) in [7, 11) is 0. The van der Waals surface area contributed by atoms with Gasteiger partial charge in [0, 0.05) is 36.2 Å². The summed E-state index contributed by atoms with van der Waals surface area (Å²) in [5.74, 6) is -0.530. The SMILES string of the molecule is CCc1nc(C)c2c(C)c(C(=O)NCCN3C(=O)S/C(=C\c4ccccc4F)C3=O)sc2n1. The molecular formula is C23H21FN4O3S2. The fourth-order valence-corrected chi connectivity index (χ4v) is 5.58. The zero-order valence-corrected chi connectivity index (χ0v) is 19.9. The molecule has 0 aliphatic carbocycles. The van der Waals surface area contributed by atoms with Crippen molar-refractivity contribution < 1.29 is 18.8 Å². The van der Waals surface area contributed by atoms with E-state index in [-0.39, 0.29) is 29.5 Å². The lowest BCUT2D eigenvalue weighted by Gasteiger charge is -2.12. The number of hydrogen-bond donors (Lipinski definition) is 1. The Morgan fingerprint density at radius 2 is 1.97 bits per heavy atom. The van der Waals surface area contributed by atoms with Crippen LogP contribution in [-0.4, -0.2) is 45.0 Å². The minimum atomic E-state index is -0.501. The van der Waals surface area contributed by atoms with Crippen LogP contribution in [0, 0.1) is 19.7 Å². The quantitative estimate of drug-likeness (QED) is 0.519. The van der Waals surface area contributed by atoms with Gasteiger partial charge in [-0.15, -0.1) is 11.3 Å². The number of halogens is 1. The van der Waals surface area contributed by atoms with Crippen LogP contribution in [0.15, 0.2) is 29.2 Å². The molecule has 33 heavy (non-hydrogen) atoms. The summed E-state index contributed by atoms with van der Waals surface area (Å²) in [6.45, 7) is 5.86. The van der Waals surface area contributed by atoms with Gasteiger partial charge in [0.2, 0.25) is 0 Å². The highest BCUT2D eigenvalue weighted by atomic mass is 32.2. The molecule has 1 fully saturated rings. The number of thioether (sulfide) groups is 1. The predicted octanol–water partition coefficient (Wildman–Crippen LogP) is 4.48. The first-order valence-corrected chi connectivity index (χ1v) is 12.0. The average Bonchev–Trinajstić information content (AvgIpc) is 3.26. The molecule has 3 heterocycles. The molecule has 1 saturated heterocycles. The van der Waals surface area contributed by atoms with Crippen LogP contribution in [0.1, 0.15) is 39.2 Å². The highest BCUT2D eigenvalue weighted by molar-refractivity contribution is 8.18. The minimum Gasteiger partial charge on any atom is -0.350 e. The number of nitrogens with zero attached hydrogens (tertiary/aromatic N) is 3. The molecule has 3 amide bonds. The van der Waals surface area contributed by atoms with Crippen molar-refractivity contribution in [3.63, 3.8) is 0 Å². The fourth-order valence-electron chi connectivity index (χ4n) is 3.56. The second kappa shape index (κ2) is 9.40. The highest BCUT2D eigenvalue weighted by Crippen LogP contribution is 2.33. The van der Waals surface area contributed by atoms with E-state index in [9.17, 15) is 18.8 Å². The highest BCUT2D eigenvalue weighted by Gasteiger charge is 2.35. The van der Waals surface area contributed by atoms with Crippen LogP contribution in [0.2, 0.25) is 0 Å². The summed E-state index contributed by atoms with van der Waals surface area (Å²) in [5, 5.41) is 3.21. The van der Waals surface area contributed by atoms with Crippen molar-refractivity contribution in [3.05, 3.63) is 62.5 Å². The van der Waals surface area contributed by atoms with E-state index in [0.717, 1.165) is 44.0 Å². The molecule has 10 heteroatoms. The van der Waals surface area contributed by atoms with Crippen molar-refractivity contribution >= 4 is 56.4 Å². The Balaban J connectivity index is 1.43. The lowest BCUT2D eigenvalue weighted by Crippen LogP contribution is -2.37. The maximum atomic E-state index is 13.9. The maximum Gasteiger partial charge on any atom is 0.293 e. The smallest absolute Gasteiger partial charge is 0.293 e. The maximum absolute atomic E-state index is 13.9. The molecule has 3 aromatic rings. The van der Waals surface area contributed by atoms with E-state index in [4.69, 9.17) is 0 Å². The molecule has 170 valence electrons. The second-order valence-electron chi connectivity index (χ2n) is 7.43. The Bertz CT molecular complexity index is 1320. The van der Waals surface area contributed by atoms with E-state index in [1.165, 1.54) is 29.5 Å². The number of carbonyl (C=O) groups is 3. The number of amides is 3. The van der Waals surface area contributed by atoms with E-state index < -0.39 is 17.0 Å². The van der Waals surface area contributed by atoms with Gasteiger partial charge in [-0.25, -0.2) is 14.4 Å². The zero-order valence-electron chi connectivity index (χ0n) is 18.3. The third kappa shape index (κ3) is 4.53. The van der Waals surface area contributed by atoms with E-state index in [1.54, 1.807) is 12.1 Å². The van der Waals surface area contributed by atoms with E-state index >= 15 is 0 Å². The fraction of sp³-hybridized carbons (Fsp3) is 0.261. The number of aryl methyl sites for hydroxylation is 3. The first-order chi connectivity index (χ1) is 15.8. The molecule has 0 atom stereocenters. The topological polar surface area (TPSA) is 92.3 Å². The van der Waals surface area contributed by atoms with Crippen LogP contribution in [0.4, 0.5) is 9.18 Å². The van der Waals surface area contributed by atoms with Gasteiger partial charge in [-0.05, 0) is 43.3 Å². The Kier molecular flexibility index (Phi) is 6.57. The molecule has 7 nitrogen and oxygen atoms in total. The Morgan fingerprint density at radius 1 is 1.21 bits per heavy atom. The molecule has 0 radical (unpaired) electrons. The normalized spacial score (nSPS) is 15.2. The van der Waals surface area contributed by atoms with Gasteiger partial charge in [-0.2, -0.15) is 0 Å². The van der Waals surface area contributed by atoms with Gasteiger partial charge in [0.15, 0.2) is 0 Å². The van der Waals surface area contributed by atoms with Gasteiger partial charge in [-0.1, -0.05) is 25.1 Å². The largest absolute Gasteiger partial charge is 0.350 e. The van der Waals surface area contributed by atoms with Gasteiger partial charge in [-0.3, -0.25) is 19.3 Å². The first kappa shape index (κ1) is 23.1. The van der Waals surface area contributed by atoms with Crippen LogP contribution in [-0.2, 0) is 11.2 Å². The molecule has 2 aromatic heterocycles. The lowest BCUT2D eigenvalue weighted by molar-refractivity contribution is -0.122. The second-order valence-corrected chi connectivity index (χ2v) is 9.42. The molecular weight excluding hydrogens is 463 g/mol. The minimum absolute atomic E-state index is 0.0216. The van der Waals surface area contributed by atoms with Crippen LogP contribution >= 0.6 is 23.1 Å². The Hall–Kier alpha value is -3.11. The number of fused-ring (bicyclic) bond motifs is 1. The monoisotopic (exact) mass is 484 g/mol. The predicted molar refractivity (Wildman–Crippen MR) is 128 cm³/mol. The number of carbonyl (C=O) groups excluding carboxylic acids is 3. The number of nitrogens with one attached hydrogen (secondary N) is 1. The molecule has 1 aromatic carbocycles. The third-order valence-electron chi connectivity index (χ3n) is 5.23. The molecule has 0 spiro atoms. The zero-order chi connectivity index (χ0) is 23.7.